The maximum absolute atomic E-state index is 12.1. The molecule has 0 aromatic heterocycles. The van der Waals surface area contributed by atoms with Crippen molar-refractivity contribution < 1.29 is 27.9 Å². The Morgan fingerprint density at radius 3 is 2.33 bits per heavy atom. The molecular formula is C10H17NO6S. The lowest BCUT2D eigenvalue weighted by molar-refractivity contribution is -0.143. The van der Waals surface area contributed by atoms with Crippen molar-refractivity contribution in [3.63, 3.8) is 0 Å². The lowest BCUT2D eigenvalue weighted by Crippen LogP contribution is -2.41. The number of hydrogen-bond donors (Lipinski definition) is 1. The Hall–Kier alpha value is -1.15. The van der Waals surface area contributed by atoms with Crippen LogP contribution in [-0.4, -0.2) is 54.7 Å². The highest BCUT2D eigenvalue weighted by atomic mass is 32.2. The van der Waals surface area contributed by atoms with Gasteiger partial charge in [0, 0.05) is 7.05 Å². The quantitative estimate of drug-likeness (QED) is 0.649. The number of likely N-dealkylation sites (N-methyl/N-ethyl adjacent to an activating group) is 1. The van der Waals surface area contributed by atoms with Crippen LogP contribution in [0.2, 0.25) is 0 Å². The summed E-state index contributed by atoms with van der Waals surface area (Å²) in [5, 5.41) is 8.60. The van der Waals surface area contributed by atoms with Gasteiger partial charge in [0.1, 0.15) is 6.54 Å². The minimum atomic E-state index is -3.78. The van der Waals surface area contributed by atoms with Gasteiger partial charge in [-0.25, -0.2) is 8.42 Å². The van der Waals surface area contributed by atoms with Crippen molar-refractivity contribution in [3.8, 4) is 0 Å². The highest BCUT2D eigenvalue weighted by molar-refractivity contribution is 7.90. The Kier molecular flexibility index (Phi) is 4.33. The number of carboxylic acids is 1. The number of esters is 1. The smallest absolute Gasteiger partial charge is 0.318 e. The zero-order valence-corrected chi connectivity index (χ0v) is 11.2. The molecule has 0 bridgehead atoms. The van der Waals surface area contributed by atoms with Gasteiger partial charge in [0.05, 0.1) is 17.8 Å². The number of hydrogen-bond acceptors (Lipinski definition) is 5. The maximum Gasteiger partial charge on any atom is 0.318 e. The molecule has 0 saturated heterocycles. The molecule has 1 rings (SSSR count). The second-order valence-corrected chi connectivity index (χ2v) is 6.76. The number of sulfonamides is 1. The van der Waals surface area contributed by atoms with Gasteiger partial charge >= 0.3 is 11.9 Å². The van der Waals surface area contributed by atoms with E-state index in [4.69, 9.17) is 9.84 Å². The topological polar surface area (TPSA) is 101 Å². The molecule has 0 heterocycles. The van der Waals surface area contributed by atoms with Gasteiger partial charge in [-0.2, -0.15) is 4.31 Å². The highest BCUT2D eigenvalue weighted by Gasteiger charge is 2.57. The molecule has 1 saturated carbocycles. The van der Waals surface area contributed by atoms with Crippen LogP contribution in [-0.2, 0) is 24.3 Å². The van der Waals surface area contributed by atoms with Gasteiger partial charge in [0.2, 0.25) is 10.0 Å². The van der Waals surface area contributed by atoms with E-state index in [1.54, 1.807) is 6.92 Å². The third kappa shape index (κ3) is 2.99. The maximum atomic E-state index is 12.1. The van der Waals surface area contributed by atoms with Crippen molar-refractivity contribution >= 4 is 22.0 Å². The number of carbonyl (C=O) groups excluding carboxylic acids is 1. The lowest BCUT2D eigenvalue weighted by atomic mass is 10.3. The van der Waals surface area contributed by atoms with E-state index in [0.29, 0.717) is 12.8 Å². The average molecular weight is 279 g/mol. The predicted octanol–water partition coefficient (Wildman–Crippen LogP) is -0.182. The first-order valence-corrected chi connectivity index (χ1v) is 7.02. The van der Waals surface area contributed by atoms with Gasteiger partial charge < -0.3 is 9.84 Å². The number of rotatable bonds is 7. The number of ether oxygens (including phenoxy) is 1. The van der Waals surface area contributed by atoms with E-state index in [-0.39, 0.29) is 13.0 Å². The molecule has 0 atom stereocenters. The average Bonchev–Trinajstić information content (AvgIpc) is 2.98. The molecule has 0 aliphatic heterocycles. The molecule has 8 heteroatoms. The standard InChI is InChI=1S/C10H17NO6S/c1-3-17-9(14)6-10(4-5-10)18(15,16)11(2)7-8(12)13/h3-7H2,1-2H3,(H,12,13). The van der Waals surface area contributed by atoms with E-state index in [1.807, 2.05) is 0 Å². The molecule has 7 nitrogen and oxygen atoms in total. The second-order valence-electron chi connectivity index (χ2n) is 4.32. The van der Waals surface area contributed by atoms with Crippen LogP contribution in [0.25, 0.3) is 0 Å². The molecule has 18 heavy (non-hydrogen) atoms. The first-order valence-electron chi connectivity index (χ1n) is 5.58. The Morgan fingerprint density at radius 1 is 1.39 bits per heavy atom. The summed E-state index contributed by atoms with van der Waals surface area (Å²) in [4.78, 5) is 21.9. The first-order chi connectivity index (χ1) is 8.25. The summed E-state index contributed by atoms with van der Waals surface area (Å²) in [5.74, 6) is -1.80. The Bertz CT molecular complexity index is 439. The van der Waals surface area contributed by atoms with Crippen LogP contribution in [0.1, 0.15) is 26.2 Å². The minimum absolute atomic E-state index is 0.194. The number of carboxylic acid groups (broad SMARTS) is 1. The summed E-state index contributed by atoms with van der Waals surface area (Å²) in [6, 6.07) is 0. The second kappa shape index (κ2) is 5.23. The van der Waals surface area contributed by atoms with Crippen molar-refractivity contribution in [2.24, 2.45) is 0 Å². The van der Waals surface area contributed by atoms with Crippen molar-refractivity contribution in [1.29, 1.82) is 0 Å². The minimum Gasteiger partial charge on any atom is -0.480 e. The molecule has 1 aliphatic carbocycles. The predicted molar refractivity (Wildman–Crippen MR) is 62.4 cm³/mol. The van der Waals surface area contributed by atoms with E-state index in [9.17, 15) is 18.0 Å². The summed E-state index contributed by atoms with van der Waals surface area (Å²) in [5.41, 5.74) is 0. The molecule has 0 radical (unpaired) electrons. The van der Waals surface area contributed by atoms with E-state index in [0.717, 1.165) is 4.31 Å². The van der Waals surface area contributed by atoms with Crippen molar-refractivity contribution in [2.45, 2.75) is 30.9 Å². The van der Waals surface area contributed by atoms with Crippen LogP contribution >= 0.6 is 0 Å². The fourth-order valence-electron chi connectivity index (χ4n) is 1.75. The van der Waals surface area contributed by atoms with E-state index < -0.39 is 33.3 Å². The highest BCUT2D eigenvalue weighted by Crippen LogP contribution is 2.47. The van der Waals surface area contributed by atoms with Gasteiger partial charge in [-0.3, -0.25) is 9.59 Å². The van der Waals surface area contributed by atoms with Gasteiger partial charge in [0.25, 0.3) is 0 Å². The van der Waals surface area contributed by atoms with Crippen LogP contribution in [0, 0.1) is 0 Å². The van der Waals surface area contributed by atoms with E-state index in [1.165, 1.54) is 7.05 Å². The summed E-state index contributed by atoms with van der Waals surface area (Å²) in [6.07, 6.45) is 0.503. The monoisotopic (exact) mass is 279 g/mol. The molecular weight excluding hydrogens is 262 g/mol. The van der Waals surface area contributed by atoms with E-state index in [2.05, 4.69) is 0 Å². The molecule has 1 fully saturated rings. The Labute approximate surface area is 106 Å². The summed E-state index contributed by atoms with van der Waals surface area (Å²) < 4.78 is 28.6. The van der Waals surface area contributed by atoms with E-state index >= 15 is 0 Å². The zero-order chi connectivity index (χ0) is 14.0. The normalized spacial score (nSPS) is 17.5. The summed E-state index contributed by atoms with van der Waals surface area (Å²) in [7, 11) is -2.58. The fraction of sp³-hybridized carbons (Fsp3) is 0.800. The first kappa shape index (κ1) is 14.9. The molecule has 1 N–H and O–H groups in total. The van der Waals surface area contributed by atoms with Gasteiger partial charge in [-0.15, -0.1) is 0 Å². The van der Waals surface area contributed by atoms with Crippen LogP contribution in [0.15, 0.2) is 0 Å². The molecule has 1 aliphatic rings. The van der Waals surface area contributed by atoms with Gasteiger partial charge in [-0.05, 0) is 19.8 Å². The van der Waals surface area contributed by atoms with Crippen LogP contribution in [0.5, 0.6) is 0 Å². The van der Waals surface area contributed by atoms with Crippen LogP contribution in [0.4, 0.5) is 0 Å². The summed E-state index contributed by atoms with van der Waals surface area (Å²) >= 11 is 0. The van der Waals surface area contributed by atoms with Crippen LogP contribution < -0.4 is 0 Å². The number of nitrogens with zero attached hydrogens (tertiary/aromatic N) is 1. The number of carbonyl (C=O) groups is 2. The fourth-order valence-corrected chi connectivity index (χ4v) is 3.61. The molecule has 0 aromatic rings. The SMILES string of the molecule is CCOC(=O)CC1(S(=O)(=O)N(C)CC(=O)O)CC1. The molecule has 0 spiro atoms. The largest absolute Gasteiger partial charge is 0.480 e. The van der Waals surface area contributed by atoms with Crippen molar-refractivity contribution in [3.05, 3.63) is 0 Å². The van der Waals surface area contributed by atoms with Crippen molar-refractivity contribution in [2.75, 3.05) is 20.2 Å². The summed E-state index contributed by atoms with van der Waals surface area (Å²) in [6.45, 7) is 1.23. The zero-order valence-electron chi connectivity index (χ0n) is 10.4. The third-order valence-electron chi connectivity index (χ3n) is 2.89. The molecule has 104 valence electrons. The Balaban J connectivity index is 2.78. The van der Waals surface area contributed by atoms with Crippen LogP contribution in [0.3, 0.4) is 0 Å². The van der Waals surface area contributed by atoms with Crippen molar-refractivity contribution in [1.82, 2.24) is 4.31 Å². The Morgan fingerprint density at radius 2 is 1.94 bits per heavy atom. The lowest BCUT2D eigenvalue weighted by Gasteiger charge is -2.22. The van der Waals surface area contributed by atoms with Gasteiger partial charge in [-0.1, -0.05) is 0 Å². The number of aliphatic carboxylic acids is 1. The molecule has 0 unspecified atom stereocenters. The molecule has 0 aromatic carbocycles. The third-order valence-corrected chi connectivity index (χ3v) is 5.49. The van der Waals surface area contributed by atoms with Gasteiger partial charge in [0.15, 0.2) is 0 Å². The molecule has 0 amide bonds.